The molecular weight excluding hydrogens is 745 g/mol. The van der Waals surface area contributed by atoms with Gasteiger partial charge in [-0.15, -0.1) is 0 Å². The summed E-state index contributed by atoms with van der Waals surface area (Å²) >= 11 is 0. The third-order valence-corrected chi connectivity index (χ3v) is 12.2. The van der Waals surface area contributed by atoms with Gasteiger partial charge in [0, 0.05) is 49.3 Å². The summed E-state index contributed by atoms with van der Waals surface area (Å²) in [5.41, 5.74) is 15.0. The minimum Gasteiger partial charge on any atom is -0.455 e. The van der Waals surface area contributed by atoms with E-state index in [4.69, 9.17) is 4.42 Å². The van der Waals surface area contributed by atoms with Crippen LogP contribution in [0.25, 0.3) is 110 Å². The van der Waals surface area contributed by atoms with Crippen molar-refractivity contribution in [2.45, 2.75) is 0 Å². The third kappa shape index (κ3) is 5.25. The SMILES string of the molecule is N#Cc1ccc(-c2ccc(-c3cc(-c4cccc5c4oc4ccccc45)cc(-n4c5ccccc5c5c4ccc4c6ccccc6n(-c6ccccc6)c45)c3)cc2C#N)cc1. The lowest BCUT2D eigenvalue weighted by Crippen LogP contribution is -1.97. The first-order chi connectivity index (χ1) is 30.2. The first-order valence-electron chi connectivity index (χ1n) is 20.3. The molecule has 0 bridgehead atoms. The monoisotopic (exact) mass is 776 g/mol. The minimum absolute atomic E-state index is 0.557. The van der Waals surface area contributed by atoms with Gasteiger partial charge in [-0.3, -0.25) is 0 Å². The zero-order chi connectivity index (χ0) is 40.6. The van der Waals surface area contributed by atoms with Crippen LogP contribution < -0.4 is 0 Å². The summed E-state index contributed by atoms with van der Waals surface area (Å²) in [5, 5.41) is 26.8. The fourth-order valence-electron chi connectivity index (χ4n) is 9.46. The Hall–Kier alpha value is -8.64. The maximum absolute atomic E-state index is 10.5. The van der Waals surface area contributed by atoms with E-state index in [1.54, 1.807) is 12.1 Å². The molecule has 12 rings (SSSR count). The zero-order valence-electron chi connectivity index (χ0n) is 32.7. The molecule has 0 N–H and O–H groups in total. The molecule has 0 atom stereocenters. The molecule has 0 spiro atoms. The molecule has 61 heavy (non-hydrogen) atoms. The summed E-state index contributed by atoms with van der Waals surface area (Å²) in [4.78, 5) is 0. The Morgan fingerprint density at radius 1 is 0.393 bits per heavy atom. The van der Waals surface area contributed by atoms with Crippen LogP contribution in [0.4, 0.5) is 0 Å². The molecule has 5 nitrogen and oxygen atoms in total. The van der Waals surface area contributed by atoms with Gasteiger partial charge in [-0.05, 0) is 101 Å². The van der Waals surface area contributed by atoms with E-state index in [0.717, 1.165) is 88.6 Å². The van der Waals surface area contributed by atoms with Gasteiger partial charge in [0.05, 0.1) is 45.3 Å². The van der Waals surface area contributed by atoms with Crippen molar-refractivity contribution < 1.29 is 4.42 Å². The summed E-state index contributed by atoms with van der Waals surface area (Å²) < 4.78 is 11.4. The number of hydrogen-bond donors (Lipinski definition) is 0. The lowest BCUT2D eigenvalue weighted by molar-refractivity contribution is 0.670. The molecule has 0 amide bonds. The van der Waals surface area contributed by atoms with Crippen molar-refractivity contribution in [3.8, 4) is 56.9 Å². The van der Waals surface area contributed by atoms with Crippen LogP contribution in [0, 0.1) is 22.7 Å². The standard InChI is InChI=1S/C56H32N4O/c57-33-35-21-23-36(24-22-35)43-26-25-37(29-40(43)34-58)38-30-39(44-16-10-17-48-46-14-6-9-20-53(46)61-56(44)48)32-42(31-38)59-51-19-8-5-15-49(51)54-52(59)28-27-47-45-13-4-7-18-50(45)60(55(47)54)41-11-2-1-3-12-41/h1-32H. The van der Waals surface area contributed by atoms with Gasteiger partial charge < -0.3 is 13.6 Å². The van der Waals surface area contributed by atoms with Crippen molar-refractivity contribution in [1.29, 1.82) is 10.5 Å². The van der Waals surface area contributed by atoms with E-state index in [1.807, 2.05) is 42.5 Å². The van der Waals surface area contributed by atoms with Gasteiger partial charge in [0.25, 0.3) is 0 Å². The Morgan fingerprint density at radius 2 is 1.08 bits per heavy atom. The molecule has 5 heteroatoms. The average Bonchev–Trinajstić information content (AvgIpc) is 3.99. The van der Waals surface area contributed by atoms with E-state index >= 15 is 0 Å². The Balaban J connectivity index is 1.16. The summed E-state index contributed by atoms with van der Waals surface area (Å²) in [6.07, 6.45) is 0. The Bertz CT molecular complexity index is 3830. The molecule has 0 aliphatic heterocycles. The van der Waals surface area contributed by atoms with E-state index in [-0.39, 0.29) is 0 Å². The maximum Gasteiger partial charge on any atom is 0.143 e. The highest BCUT2D eigenvalue weighted by atomic mass is 16.3. The van der Waals surface area contributed by atoms with Crippen LogP contribution in [0.1, 0.15) is 11.1 Å². The summed E-state index contributed by atoms with van der Waals surface area (Å²) in [7, 11) is 0. The molecule has 12 aromatic rings. The molecule has 0 fully saturated rings. The quantitative estimate of drug-likeness (QED) is 0.175. The molecule has 3 heterocycles. The number of nitrogens with zero attached hydrogens (tertiary/aromatic N) is 4. The van der Waals surface area contributed by atoms with Gasteiger partial charge in [0.2, 0.25) is 0 Å². The van der Waals surface area contributed by atoms with Crippen LogP contribution in [0.15, 0.2) is 199 Å². The van der Waals surface area contributed by atoms with Crippen LogP contribution in [0.3, 0.4) is 0 Å². The topological polar surface area (TPSA) is 70.6 Å². The fraction of sp³-hybridized carbons (Fsp3) is 0. The van der Waals surface area contributed by atoms with Crippen molar-refractivity contribution in [3.63, 3.8) is 0 Å². The molecular formula is C56H32N4O. The minimum atomic E-state index is 0.557. The number of benzene rings is 9. The summed E-state index contributed by atoms with van der Waals surface area (Å²) in [6, 6.07) is 71.9. The predicted octanol–water partition coefficient (Wildman–Crippen LogP) is 14.5. The van der Waals surface area contributed by atoms with Gasteiger partial charge in [-0.25, -0.2) is 0 Å². The van der Waals surface area contributed by atoms with E-state index in [9.17, 15) is 10.5 Å². The van der Waals surface area contributed by atoms with Gasteiger partial charge in [-0.1, -0.05) is 121 Å². The lowest BCUT2D eigenvalue weighted by atomic mass is 9.93. The largest absolute Gasteiger partial charge is 0.455 e. The van der Waals surface area contributed by atoms with E-state index in [1.165, 1.54) is 21.7 Å². The first-order valence-corrected chi connectivity index (χ1v) is 20.3. The molecule has 3 aromatic heterocycles. The number of hydrogen-bond acceptors (Lipinski definition) is 3. The Morgan fingerprint density at radius 3 is 1.89 bits per heavy atom. The average molecular weight is 777 g/mol. The molecule has 0 radical (unpaired) electrons. The van der Waals surface area contributed by atoms with Gasteiger partial charge in [0.15, 0.2) is 0 Å². The van der Waals surface area contributed by atoms with Crippen molar-refractivity contribution >= 4 is 65.6 Å². The van der Waals surface area contributed by atoms with Crippen LogP contribution in [0.5, 0.6) is 0 Å². The Labute approximate surface area is 350 Å². The highest BCUT2D eigenvalue weighted by molar-refractivity contribution is 6.26. The molecule has 0 unspecified atom stereocenters. The third-order valence-electron chi connectivity index (χ3n) is 12.2. The van der Waals surface area contributed by atoms with Crippen molar-refractivity contribution in [2.75, 3.05) is 0 Å². The van der Waals surface area contributed by atoms with Gasteiger partial charge in [0.1, 0.15) is 11.2 Å². The van der Waals surface area contributed by atoms with Crippen molar-refractivity contribution in [1.82, 2.24) is 9.13 Å². The number of rotatable bonds is 5. The van der Waals surface area contributed by atoms with Gasteiger partial charge >= 0.3 is 0 Å². The van der Waals surface area contributed by atoms with Gasteiger partial charge in [-0.2, -0.15) is 10.5 Å². The number of fused-ring (bicyclic) bond motifs is 10. The van der Waals surface area contributed by atoms with Crippen LogP contribution in [-0.4, -0.2) is 9.13 Å². The highest BCUT2D eigenvalue weighted by Gasteiger charge is 2.22. The second-order valence-electron chi connectivity index (χ2n) is 15.5. The predicted molar refractivity (Wildman–Crippen MR) is 248 cm³/mol. The zero-order valence-corrected chi connectivity index (χ0v) is 32.7. The molecule has 282 valence electrons. The molecule has 0 aliphatic carbocycles. The van der Waals surface area contributed by atoms with Crippen LogP contribution in [0.2, 0.25) is 0 Å². The normalized spacial score (nSPS) is 11.6. The van der Waals surface area contributed by atoms with E-state index in [0.29, 0.717) is 11.1 Å². The summed E-state index contributed by atoms with van der Waals surface area (Å²) in [5.74, 6) is 0. The second-order valence-corrected chi connectivity index (χ2v) is 15.5. The first kappa shape index (κ1) is 34.4. The van der Waals surface area contributed by atoms with E-state index in [2.05, 4.69) is 161 Å². The molecule has 0 saturated carbocycles. The molecule has 0 aliphatic rings. The van der Waals surface area contributed by atoms with Crippen molar-refractivity contribution in [2.24, 2.45) is 0 Å². The number of furan rings is 1. The number of aromatic nitrogens is 2. The number of para-hydroxylation sites is 5. The summed E-state index contributed by atoms with van der Waals surface area (Å²) in [6.45, 7) is 0. The lowest BCUT2D eigenvalue weighted by Gasteiger charge is -2.15. The fourth-order valence-corrected chi connectivity index (χ4v) is 9.46. The van der Waals surface area contributed by atoms with Crippen LogP contribution >= 0.6 is 0 Å². The number of nitriles is 2. The molecule has 0 saturated heterocycles. The highest BCUT2D eigenvalue weighted by Crippen LogP contribution is 2.44. The maximum atomic E-state index is 10.5. The van der Waals surface area contributed by atoms with Crippen molar-refractivity contribution in [3.05, 3.63) is 205 Å². The Kier molecular flexibility index (Phi) is 7.59. The van der Waals surface area contributed by atoms with E-state index < -0.39 is 0 Å². The second kappa shape index (κ2) is 13.5. The molecule has 9 aromatic carbocycles. The smallest absolute Gasteiger partial charge is 0.143 e. The van der Waals surface area contributed by atoms with Crippen LogP contribution in [-0.2, 0) is 0 Å².